The van der Waals surface area contributed by atoms with Crippen LogP contribution in [0, 0.1) is 0 Å². The summed E-state index contributed by atoms with van der Waals surface area (Å²) in [5, 5.41) is 13.0. The van der Waals surface area contributed by atoms with Crippen LogP contribution in [0.3, 0.4) is 0 Å². The Morgan fingerprint density at radius 1 is 1.00 bits per heavy atom. The molecule has 28 heavy (non-hydrogen) atoms. The van der Waals surface area contributed by atoms with Crippen LogP contribution in [-0.4, -0.2) is 29.1 Å². The number of nitrogens with zero attached hydrogens (tertiary/aromatic N) is 2. The number of ether oxygens (including phenoxy) is 1. The predicted molar refractivity (Wildman–Crippen MR) is 104 cm³/mol. The number of methoxy groups -OCH3 is 1. The number of amides is 2. The van der Waals surface area contributed by atoms with E-state index in [0.29, 0.717) is 22.6 Å². The highest BCUT2D eigenvalue weighted by Crippen LogP contribution is 2.22. The van der Waals surface area contributed by atoms with Crippen molar-refractivity contribution in [3.63, 3.8) is 0 Å². The molecular weight excluding hydrogens is 360 g/mol. The van der Waals surface area contributed by atoms with Gasteiger partial charge in [-0.3, -0.25) is 14.9 Å². The van der Waals surface area contributed by atoms with Gasteiger partial charge in [-0.25, -0.2) is 0 Å². The van der Waals surface area contributed by atoms with E-state index >= 15 is 0 Å². The Morgan fingerprint density at radius 2 is 1.71 bits per heavy atom. The molecule has 0 saturated heterocycles. The van der Waals surface area contributed by atoms with Crippen LogP contribution in [0.5, 0.6) is 5.75 Å². The van der Waals surface area contributed by atoms with Crippen LogP contribution < -0.4 is 15.4 Å². The van der Waals surface area contributed by atoms with Crippen molar-refractivity contribution in [2.45, 2.75) is 6.92 Å². The Hall–Kier alpha value is -3.94. The first-order chi connectivity index (χ1) is 13.6. The van der Waals surface area contributed by atoms with Crippen LogP contribution in [0.25, 0.3) is 11.5 Å². The van der Waals surface area contributed by atoms with Crippen molar-refractivity contribution in [1.82, 2.24) is 10.2 Å². The molecule has 0 spiro atoms. The first-order valence-electron chi connectivity index (χ1n) is 8.42. The number of allylic oxidation sites excluding steroid dienone is 1. The number of hydrogen-bond acceptors (Lipinski definition) is 6. The van der Waals surface area contributed by atoms with Gasteiger partial charge < -0.3 is 14.5 Å². The molecule has 0 radical (unpaired) electrons. The van der Waals surface area contributed by atoms with E-state index < -0.39 is 5.91 Å². The van der Waals surface area contributed by atoms with E-state index in [1.165, 1.54) is 6.08 Å². The molecule has 3 rings (SSSR count). The largest absolute Gasteiger partial charge is 0.497 e. The summed E-state index contributed by atoms with van der Waals surface area (Å²) in [5.41, 5.74) is 1.67. The van der Waals surface area contributed by atoms with E-state index in [1.807, 2.05) is 0 Å². The highest BCUT2D eigenvalue weighted by Gasteiger charge is 2.13. The quantitative estimate of drug-likeness (QED) is 0.636. The fourth-order valence-corrected chi connectivity index (χ4v) is 2.33. The number of rotatable bonds is 6. The van der Waals surface area contributed by atoms with Gasteiger partial charge in [0, 0.05) is 16.8 Å². The van der Waals surface area contributed by atoms with Crippen LogP contribution in [0.2, 0.25) is 0 Å². The van der Waals surface area contributed by atoms with Crippen LogP contribution in [0.1, 0.15) is 17.3 Å². The van der Waals surface area contributed by atoms with E-state index in [2.05, 4.69) is 20.8 Å². The Morgan fingerprint density at radius 3 is 2.36 bits per heavy atom. The summed E-state index contributed by atoms with van der Waals surface area (Å²) in [5.74, 6) is 0.343. The summed E-state index contributed by atoms with van der Waals surface area (Å²) in [6.45, 7) is 1.75. The second-order valence-corrected chi connectivity index (χ2v) is 5.66. The van der Waals surface area contributed by atoms with Gasteiger partial charge in [-0.2, -0.15) is 0 Å². The maximum absolute atomic E-state index is 12.3. The summed E-state index contributed by atoms with van der Waals surface area (Å²) in [6, 6.07) is 13.5. The molecule has 2 aromatic carbocycles. The molecule has 8 nitrogen and oxygen atoms in total. The SMILES string of the molecule is C/C=C/C(=O)Nc1ccc(C(=O)Nc2nnc(-c3ccc(OC)cc3)o2)cc1. The van der Waals surface area contributed by atoms with Gasteiger partial charge in [0.15, 0.2) is 0 Å². The summed E-state index contributed by atoms with van der Waals surface area (Å²) in [4.78, 5) is 23.8. The number of carbonyl (C=O) groups excluding carboxylic acids is 2. The third-order valence-corrected chi connectivity index (χ3v) is 3.72. The summed E-state index contributed by atoms with van der Waals surface area (Å²) < 4.78 is 10.6. The van der Waals surface area contributed by atoms with Crippen LogP contribution in [0.4, 0.5) is 11.7 Å². The summed E-state index contributed by atoms with van der Waals surface area (Å²) in [6.07, 6.45) is 3.05. The molecule has 8 heteroatoms. The van der Waals surface area contributed by atoms with Gasteiger partial charge >= 0.3 is 6.01 Å². The minimum Gasteiger partial charge on any atom is -0.497 e. The van der Waals surface area contributed by atoms with Gasteiger partial charge in [0.1, 0.15) is 5.75 Å². The molecule has 1 aromatic heterocycles. The molecule has 0 atom stereocenters. The van der Waals surface area contributed by atoms with Crippen molar-refractivity contribution < 1.29 is 18.7 Å². The standard InChI is InChI=1S/C20H18N4O4/c1-3-4-17(25)21-15-9-5-13(6-10-15)18(26)22-20-24-23-19(28-20)14-7-11-16(27-2)12-8-14/h3-12H,1-2H3,(H,21,25)(H,22,24,26)/b4-3+. The topological polar surface area (TPSA) is 106 Å². The monoisotopic (exact) mass is 378 g/mol. The summed E-state index contributed by atoms with van der Waals surface area (Å²) in [7, 11) is 1.58. The van der Waals surface area contributed by atoms with E-state index in [4.69, 9.17) is 9.15 Å². The fraction of sp³-hybridized carbons (Fsp3) is 0.100. The Labute approximate surface area is 161 Å². The van der Waals surface area contributed by atoms with Crippen molar-refractivity contribution in [3.05, 3.63) is 66.2 Å². The van der Waals surface area contributed by atoms with Crippen molar-refractivity contribution in [3.8, 4) is 17.2 Å². The minimum absolute atomic E-state index is 0.0127. The van der Waals surface area contributed by atoms with Gasteiger partial charge in [0.05, 0.1) is 7.11 Å². The van der Waals surface area contributed by atoms with E-state index in [1.54, 1.807) is 68.6 Å². The minimum atomic E-state index is -0.406. The van der Waals surface area contributed by atoms with Gasteiger partial charge in [-0.05, 0) is 61.5 Å². The summed E-state index contributed by atoms with van der Waals surface area (Å²) >= 11 is 0. The first-order valence-corrected chi connectivity index (χ1v) is 8.42. The first kappa shape index (κ1) is 18.8. The second kappa shape index (κ2) is 8.63. The number of aromatic nitrogens is 2. The molecular formula is C20H18N4O4. The molecule has 1 heterocycles. The van der Waals surface area contributed by atoms with Crippen molar-refractivity contribution in [2.75, 3.05) is 17.7 Å². The Balaban J connectivity index is 1.64. The molecule has 0 bridgehead atoms. The lowest BCUT2D eigenvalue weighted by molar-refractivity contribution is -0.111. The number of hydrogen-bond donors (Lipinski definition) is 2. The Bertz CT molecular complexity index is 992. The van der Waals surface area contributed by atoms with E-state index in [9.17, 15) is 9.59 Å². The van der Waals surface area contributed by atoms with Crippen LogP contribution in [-0.2, 0) is 4.79 Å². The lowest BCUT2D eigenvalue weighted by Gasteiger charge is -2.04. The molecule has 0 fully saturated rings. The lowest BCUT2D eigenvalue weighted by atomic mass is 10.2. The zero-order valence-electron chi connectivity index (χ0n) is 15.3. The van der Waals surface area contributed by atoms with Gasteiger partial charge in [0.2, 0.25) is 11.8 Å². The fourth-order valence-electron chi connectivity index (χ4n) is 2.33. The maximum Gasteiger partial charge on any atom is 0.322 e. The lowest BCUT2D eigenvalue weighted by Crippen LogP contribution is -2.12. The predicted octanol–water partition coefficient (Wildman–Crippen LogP) is 3.51. The second-order valence-electron chi connectivity index (χ2n) is 5.66. The zero-order chi connectivity index (χ0) is 19.9. The molecule has 2 N–H and O–H groups in total. The maximum atomic E-state index is 12.3. The van der Waals surface area contributed by atoms with E-state index in [-0.39, 0.29) is 17.8 Å². The van der Waals surface area contributed by atoms with Crippen LogP contribution in [0.15, 0.2) is 65.1 Å². The number of nitrogens with one attached hydrogen (secondary N) is 2. The smallest absolute Gasteiger partial charge is 0.322 e. The van der Waals surface area contributed by atoms with Gasteiger partial charge in [-0.1, -0.05) is 11.2 Å². The molecule has 0 aliphatic carbocycles. The third-order valence-electron chi connectivity index (χ3n) is 3.72. The molecule has 0 aliphatic heterocycles. The highest BCUT2D eigenvalue weighted by atomic mass is 16.5. The molecule has 3 aromatic rings. The molecule has 0 unspecified atom stereocenters. The molecule has 142 valence electrons. The number of benzene rings is 2. The van der Waals surface area contributed by atoms with Crippen molar-refractivity contribution >= 4 is 23.5 Å². The molecule has 0 aliphatic rings. The zero-order valence-corrected chi connectivity index (χ0v) is 15.3. The average molecular weight is 378 g/mol. The number of anilines is 2. The normalized spacial score (nSPS) is 10.6. The van der Waals surface area contributed by atoms with E-state index in [0.717, 1.165) is 0 Å². The van der Waals surface area contributed by atoms with Gasteiger partial charge in [0.25, 0.3) is 5.91 Å². The molecule has 0 saturated carbocycles. The third kappa shape index (κ3) is 4.61. The highest BCUT2D eigenvalue weighted by molar-refractivity contribution is 6.04. The van der Waals surface area contributed by atoms with Gasteiger partial charge in [-0.15, -0.1) is 5.10 Å². The van der Waals surface area contributed by atoms with Crippen molar-refractivity contribution in [1.29, 1.82) is 0 Å². The molecule has 2 amide bonds. The Kier molecular flexibility index (Phi) is 5.81. The average Bonchev–Trinajstić information content (AvgIpc) is 3.17. The van der Waals surface area contributed by atoms with Crippen molar-refractivity contribution in [2.24, 2.45) is 0 Å². The number of carbonyl (C=O) groups is 2. The van der Waals surface area contributed by atoms with Crippen LogP contribution >= 0.6 is 0 Å².